The number of ether oxygens (including phenoxy) is 1. The van der Waals surface area contributed by atoms with Crippen LogP contribution in [0.1, 0.15) is 28.3 Å². The minimum atomic E-state index is -0.455. The maximum Gasteiger partial charge on any atom is 0.339 e. The first-order valence-electron chi connectivity index (χ1n) is 7.77. The fourth-order valence-electron chi connectivity index (χ4n) is 3.25. The van der Waals surface area contributed by atoms with Crippen molar-refractivity contribution in [1.29, 1.82) is 0 Å². The fourth-order valence-corrected chi connectivity index (χ4v) is 3.25. The highest BCUT2D eigenvalue weighted by Gasteiger charge is 2.39. The van der Waals surface area contributed by atoms with E-state index in [0.717, 1.165) is 12.0 Å². The summed E-state index contributed by atoms with van der Waals surface area (Å²) in [6.45, 7) is 0.678. The predicted octanol–water partition coefficient (Wildman–Crippen LogP) is 1.72. The zero-order chi connectivity index (χ0) is 17.1. The molecule has 1 amide bonds. The Morgan fingerprint density at radius 2 is 1.96 bits per heavy atom. The molecule has 1 saturated heterocycles. The standard InChI is InChI=1S/C18H19N3O3/c1-24-18(23)13-7-8-15(20-11-13)21-10-9-14(16(21)17(19)22)12-5-3-2-4-6-12/h2-8,11,14,16H,9-10H2,1H3,(H2,19,22)/t14-,16+/m1/s1. The van der Waals surface area contributed by atoms with Crippen molar-refractivity contribution in [2.75, 3.05) is 18.6 Å². The maximum atomic E-state index is 12.1. The number of hydrogen-bond acceptors (Lipinski definition) is 5. The number of esters is 1. The summed E-state index contributed by atoms with van der Waals surface area (Å²) in [5.41, 5.74) is 7.13. The van der Waals surface area contributed by atoms with Crippen LogP contribution in [0.15, 0.2) is 48.7 Å². The second kappa shape index (κ2) is 6.70. The summed E-state index contributed by atoms with van der Waals surface area (Å²) in [6.07, 6.45) is 2.27. The highest BCUT2D eigenvalue weighted by Crippen LogP contribution is 2.35. The molecule has 6 nitrogen and oxygen atoms in total. The van der Waals surface area contributed by atoms with Crippen molar-refractivity contribution >= 4 is 17.7 Å². The summed E-state index contributed by atoms with van der Waals surface area (Å²) in [6, 6.07) is 12.8. The van der Waals surface area contributed by atoms with E-state index in [1.54, 1.807) is 12.1 Å². The molecule has 24 heavy (non-hydrogen) atoms. The van der Waals surface area contributed by atoms with Crippen molar-refractivity contribution in [2.24, 2.45) is 5.73 Å². The van der Waals surface area contributed by atoms with Gasteiger partial charge in [-0.05, 0) is 24.1 Å². The van der Waals surface area contributed by atoms with Crippen molar-refractivity contribution in [3.63, 3.8) is 0 Å². The van der Waals surface area contributed by atoms with E-state index in [0.29, 0.717) is 17.9 Å². The van der Waals surface area contributed by atoms with Gasteiger partial charge in [0.05, 0.1) is 12.7 Å². The molecule has 2 N–H and O–H groups in total. The zero-order valence-electron chi connectivity index (χ0n) is 13.4. The average Bonchev–Trinajstić information content (AvgIpc) is 3.07. The van der Waals surface area contributed by atoms with Crippen LogP contribution < -0.4 is 10.6 Å². The first kappa shape index (κ1) is 16.0. The number of aromatic nitrogens is 1. The van der Waals surface area contributed by atoms with Crippen LogP contribution in [0.4, 0.5) is 5.82 Å². The van der Waals surface area contributed by atoms with E-state index in [1.165, 1.54) is 13.3 Å². The maximum absolute atomic E-state index is 12.1. The SMILES string of the molecule is COC(=O)c1ccc(N2CC[C@H](c3ccccc3)[C@H]2C(N)=O)nc1. The lowest BCUT2D eigenvalue weighted by Crippen LogP contribution is -2.43. The summed E-state index contributed by atoms with van der Waals surface area (Å²) >= 11 is 0. The summed E-state index contributed by atoms with van der Waals surface area (Å²) in [5.74, 6) is -0.153. The van der Waals surface area contributed by atoms with Crippen LogP contribution in [-0.2, 0) is 9.53 Å². The van der Waals surface area contributed by atoms with Crippen molar-refractivity contribution in [2.45, 2.75) is 18.4 Å². The van der Waals surface area contributed by atoms with Crippen LogP contribution in [0.5, 0.6) is 0 Å². The average molecular weight is 325 g/mol. The molecule has 1 fully saturated rings. The number of hydrogen-bond donors (Lipinski definition) is 1. The topological polar surface area (TPSA) is 85.5 Å². The van der Waals surface area contributed by atoms with Gasteiger partial charge in [-0.15, -0.1) is 0 Å². The molecule has 0 spiro atoms. The number of methoxy groups -OCH3 is 1. The molecular weight excluding hydrogens is 306 g/mol. The smallest absolute Gasteiger partial charge is 0.339 e. The van der Waals surface area contributed by atoms with Crippen molar-refractivity contribution in [3.8, 4) is 0 Å². The van der Waals surface area contributed by atoms with Crippen molar-refractivity contribution in [3.05, 3.63) is 59.8 Å². The molecule has 2 aromatic rings. The van der Waals surface area contributed by atoms with Gasteiger partial charge in [0.2, 0.25) is 5.91 Å². The Hall–Kier alpha value is -2.89. The van der Waals surface area contributed by atoms with Gasteiger partial charge in [0, 0.05) is 18.7 Å². The summed E-state index contributed by atoms with van der Waals surface area (Å²) in [5, 5.41) is 0. The molecule has 0 unspecified atom stereocenters. The Bertz CT molecular complexity index is 731. The minimum Gasteiger partial charge on any atom is -0.465 e. The number of anilines is 1. The number of pyridine rings is 1. The molecule has 2 heterocycles. The van der Waals surface area contributed by atoms with E-state index >= 15 is 0 Å². The normalized spacial score (nSPS) is 20.0. The third-order valence-electron chi connectivity index (χ3n) is 4.38. The molecule has 124 valence electrons. The Morgan fingerprint density at radius 3 is 2.54 bits per heavy atom. The number of nitrogens with zero attached hydrogens (tertiary/aromatic N) is 2. The first-order valence-corrected chi connectivity index (χ1v) is 7.77. The number of primary amides is 1. The predicted molar refractivity (Wildman–Crippen MR) is 89.7 cm³/mol. The van der Waals surface area contributed by atoms with Gasteiger partial charge in [-0.3, -0.25) is 4.79 Å². The molecule has 0 radical (unpaired) electrons. The quantitative estimate of drug-likeness (QED) is 0.865. The van der Waals surface area contributed by atoms with E-state index in [9.17, 15) is 9.59 Å². The molecule has 1 aliphatic heterocycles. The Morgan fingerprint density at radius 1 is 1.21 bits per heavy atom. The largest absolute Gasteiger partial charge is 0.465 e. The molecule has 3 rings (SSSR count). The lowest BCUT2D eigenvalue weighted by atomic mass is 9.91. The summed E-state index contributed by atoms with van der Waals surface area (Å²) < 4.78 is 4.67. The second-order valence-electron chi connectivity index (χ2n) is 5.74. The van der Waals surface area contributed by atoms with Crippen molar-refractivity contribution in [1.82, 2.24) is 4.98 Å². The van der Waals surface area contributed by atoms with Gasteiger partial charge in [0.25, 0.3) is 0 Å². The molecule has 0 saturated carbocycles. The van der Waals surface area contributed by atoms with Gasteiger partial charge in [-0.25, -0.2) is 9.78 Å². The van der Waals surface area contributed by atoms with E-state index in [1.807, 2.05) is 35.2 Å². The van der Waals surface area contributed by atoms with Gasteiger partial charge >= 0.3 is 5.97 Å². The zero-order valence-corrected chi connectivity index (χ0v) is 13.4. The van der Waals surface area contributed by atoms with Gasteiger partial charge < -0.3 is 15.4 Å². The molecule has 2 atom stereocenters. The number of nitrogens with two attached hydrogens (primary N) is 1. The molecule has 1 aromatic carbocycles. The molecule has 1 aliphatic rings. The number of carbonyl (C=O) groups excluding carboxylic acids is 2. The molecule has 0 bridgehead atoms. The van der Waals surface area contributed by atoms with Crippen LogP contribution >= 0.6 is 0 Å². The highest BCUT2D eigenvalue weighted by atomic mass is 16.5. The van der Waals surface area contributed by atoms with E-state index in [4.69, 9.17) is 5.73 Å². The van der Waals surface area contributed by atoms with Crippen LogP contribution in [0, 0.1) is 0 Å². The van der Waals surface area contributed by atoms with Crippen LogP contribution in [0.3, 0.4) is 0 Å². The lowest BCUT2D eigenvalue weighted by Gasteiger charge is -2.26. The van der Waals surface area contributed by atoms with Crippen molar-refractivity contribution < 1.29 is 14.3 Å². The monoisotopic (exact) mass is 325 g/mol. The summed E-state index contributed by atoms with van der Waals surface area (Å²) in [7, 11) is 1.32. The van der Waals surface area contributed by atoms with E-state index in [2.05, 4.69) is 9.72 Å². The summed E-state index contributed by atoms with van der Waals surface area (Å²) in [4.78, 5) is 29.8. The highest BCUT2D eigenvalue weighted by molar-refractivity contribution is 5.89. The minimum absolute atomic E-state index is 0.0331. The fraction of sp³-hybridized carbons (Fsp3) is 0.278. The van der Waals surface area contributed by atoms with Crippen LogP contribution in [-0.4, -0.2) is 36.6 Å². The third kappa shape index (κ3) is 2.95. The number of carbonyl (C=O) groups is 2. The van der Waals surface area contributed by atoms with Gasteiger partial charge in [0.15, 0.2) is 0 Å². The Kier molecular flexibility index (Phi) is 4.46. The van der Waals surface area contributed by atoms with Crippen LogP contribution in [0.2, 0.25) is 0 Å². The molecular formula is C18H19N3O3. The van der Waals surface area contributed by atoms with E-state index < -0.39 is 12.0 Å². The molecule has 1 aromatic heterocycles. The number of rotatable bonds is 4. The Labute approximate surface area is 140 Å². The number of amides is 1. The van der Waals surface area contributed by atoms with Gasteiger partial charge in [-0.1, -0.05) is 30.3 Å². The lowest BCUT2D eigenvalue weighted by molar-refractivity contribution is -0.119. The van der Waals surface area contributed by atoms with Gasteiger partial charge in [0.1, 0.15) is 11.9 Å². The van der Waals surface area contributed by atoms with E-state index in [-0.39, 0.29) is 11.8 Å². The first-order chi connectivity index (χ1) is 11.6. The van der Waals surface area contributed by atoms with Gasteiger partial charge in [-0.2, -0.15) is 0 Å². The second-order valence-corrected chi connectivity index (χ2v) is 5.74. The third-order valence-corrected chi connectivity index (χ3v) is 4.38. The molecule has 6 heteroatoms. The molecule has 0 aliphatic carbocycles. The Balaban J connectivity index is 1.88. The number of benzene rings is 1. The van der Waals surface area contributed by atoms with Crippen LogP contribution in [0.25, 0.3) is 0 Å².